The number of carbonyl (C=O) groups is 2. The summed E-state index contributed by atoms with van der Waals surface area (Å²) in [5.41, 5.74) is 12.7. The molecule has 4 atom stereocenters. The van der Waals surface area contributed by atoms with E-state index in [0.717, 1.165) is 55.9 Å². The van der Waals surface area contributed by atoms with Gasteiger partial charge in [0.15, 0.2) is 0 Å². The van der Waals surface area contributed by atoms with Gasteiger partial charge in [0.1, 0.15) is 5.82 Å². The molecule has 1 saturated carbocycles. The average Bonchev–Trinajstić information content (AvgIpc) is 3.44. The number of nitrogens with two attached hydrogens (primary N) is 2. The quantitative estimate of drug-likeness (QED) is 0.447. The summed E-state index contributed by atoms with van der Waals surface area (Å²) in [6, 6.07) is 9.58. The van der Waals surface area contributed by atoms with Gasteiger partial charge in [-0.15, -0.1) is 0 Å². The second-order valence-electron chi connectivity index (χ2n) is 12.0. The van der Waals surface area contributed by atoms with Crippen molar-refractivity contribution in [1.82, 2.24) is 24.3 Å². The van der Waals surface area contributed by atoms with E-state index in [4.69, 9.17) is 11.5 Å². The van der Waals surface area contributed by atoms with Crippen LogP contribution < -0.4 is 22.5 Å². The number of fused-ring (bicyclic) bond motifs is 1. The Balaban J connectivity index is 1.10. The number of piperazine rings is 1. The van der Waals surface area contributed by atoms with Crippen LogP contribution in [0.4, 0.5) is 10.6 Å². The van der Waals surface area contributed by atoms with Crippen molar-refractivity contribution in [2.45, 2.75) is 45.2 Å². The number of rotatable bonds is 8. The first-order valence-corrected chi connectivity index (χ1v) is 14.4. The second-order valence-corrected chi connectivity index (χ2v) is 12.0. The molecule has 1 aromatic heterocycles. The summed E-state index contributed by atoms with van der Waals surface area (Å²) in [4.78, 5) is 47.7. The van der Waals surface area contributed by atoms with Crippen molar-refractivity contribution in [1.29, 1.82) is 0 Å². The molecule has 5 N–H and O–H groups in total. The molecule has 11 nitrogen and oxygen atoms in total. The molecule has 3 aliphatic rings. The summed E-state index contributed by atoms with van der Waals surface area (Å²) in [5.74, 6) is 2.35. The maximum absolute atomic E-state index is 12.7. The molecule has 3 heterocycles. The van der Waals surface area contributed by atoms with Gasteiger partial charge in [0.2, 0.25) is 5.91 Å². The van der Waals surface area contributed by atoms with Gasteiger partial charge in [-0.05, 0) is 68.2 Å². The van der Waals surface area contributed by atoms with Crippen molar-refractivity contribution in [3.8, 4) is 5.69 Å². The van der Waals surface area contributed by atoms with Gasteiger partial charge >= 0.3 is 11.7 Å². The fraction of sp³-hybridized carbons (Fsp3) is 0.586. The Kier molecular flexibility index (Phi) is 7.98. The van der Waals surface area contributed by atoms with Crippen molar-refractivity contribution >= 4 is 17.8 Å². The SMILES string of the molecule is CC[C@@H](N)C1[C@H]2CN(CCc3ccc(-n4ccc(NC(=O)N5CCN(C(=O)C(C)(C)N)CC5)nc4=O)cc3)C[C@@H]12. The van der Waals surface area contributed by atoms with Crippen LogP contribution >= 0.6 is 0 Å². The van der Waals surface area contributed by atoms with E-state index in [9.17, 15) is 14.4 Å². The number of benzene rings is 1. The molecule has 2 aromatic rings. The number of aromatic nitrogens is 2. The van der Waals surface area contributed by atoms with E-state index < -0.39 is 11.2 Å². The summed E-state index contributed by atoms with van der Waals surface area (Å²) < 4.78 is 1.46. The molecule has 11 heteroatoms. The highest BCUT2D eigenvalue weighted by atomic mass is 16.2. The molecule has 5 rings (SSSR count). The highest BCUT2D eigenvalue weighted by Gasteiger charge is 2.57. The summed E-state index contributed by atoms with van der Waals surface area (Å²) in [6.45, 7) is 10.5. The first-order chi connectivity index (χ1) is 19.0. The molecule has 1 aromatic carbocycles. The van der Waals surface area contributed by atoms with Gasteiger partial charge in [0.25, 0.3) is 0 Å². The van der Waals surface area contributed by atoms with Crippen molar-refractivity contribution in [3.05, 3.63) is 52.6 Å². The van der Waals surface area contributed by atoms with Gasteiger partial charge < -0.3 is 26.2 Å². The van der Waals surface area contributed by atoms with Crippen LogP contribution in [0.15, 0.2) is 41.3 Å². The number of hydrogen-bond donors (Lipinski definition) is 3. The number of nitrogens with zero attached hydrogens (tertiary/aromatic N) is 5. The van der Waals surface area contributed by atoms with Crippen LogP contribution in [0, 0.1) is 17.8 Å². The molecule has 0 bridgehead atoms. The number of amides is 3. The molecule has 1 aliphatic carbocycles. The lowest BCUT2D eigenvalue weighted by atomic mass is 10.1. The zero-order valence-electron chi connectivity index (χ0n) is 23.8. The van der Waals surface area contributed by atoms with Crippen LogP contribution in [-0.4, -0.2) is 93.6 Å². The van der Waals surface area contributed by atoms with E-state index in [1.165, 1.54) is 10.1 Å². The van der Waals surface area contributed by atoms with Crippen LogP contribution in [0.1, 0.15) is 32.8 Å². The Morgan fingerprint density at radius 1 is 1.05 bits per heavy atom. The molecule has 3 fully saturated rings. The Bertz CT molecular complexity index is 1270. The molecule has 0 spiro atoms. The number of anilines is 1. The normalized spacial score (nSPS) is 23.6. The van der Waals surface area contributed by atoms with Crippen molar-refractivity contribution in [3.63, 3.8) is 0 Å². The van der Waals surface area contributed by atoms with Crippen LogP contribution in [0.3, 0.4) is 0 Å². The fourth-order valence-electron chi connectivity index (χ4n) is 6.24. The van der Waals surface area contributed by atoms with Gasteiger partial charge in [-0.25, -0.2) is 9.59 Å². The number of hydrogen-bond acceptors (Lipinski definition) is 7. The maximum Gasteiger partial charge on any atom is 0.354 e. The first kappa shape index (κ1) is 28.3. The number of likely N-dealkylation sites (tertiary alicyclic amines) is 1. The molecule has 2 saturated heterocycles. The lowest BCUT2D eigenvalue weighted by Gasteiger charge is -2.37. The zero-order valence-corrected chi connectivity index (χ0v) is 23.8. The maximum atomic E-state index is 12.7. The van der Waals surface area contributed by atoms with E-state index in [0.29, 0.717) is 32.2 Å². The van der Waals surface area contributed by atoms with E-state index in [1.807, 2.05) is 12.1 Å². The van der Waals surface area contributed by atoms with Crippen LogP contribution in [-0.2, 0) is 11.2 Å². The van der Waals surface area contributed by atoms with Crippen LogP contribution in [0.25, 0.3) is 5.69 Å². The largest absolute Gasteiger partial charge is 0.354 e. The Labute approximate surface area is 235 Å². The third-order valence-corrected chi connectivity index (χ3v) is 8.68. The Hall–Kier alpha value is -3.28. The van der Waals surface area contributed by atoms with Crippen molar-refractivity contribution in [2.75, 3.05) is 51.1 Å². The first-order valence-electron chi connectivity index (χ1n) is 14.4. The highest BCUT2D eigenvalue weighted by Crippen LogP contribution is 2.53. The van der Waals surface area contributed by atoms with Crippen molar-refractivity contribution in [2.24, 2.45) is 29.2 Å². The minimum Gasteiger partial charge on any atom is -0.338 e. The minimum absolute atomic E-state index is 0.139. The fourth-order valence-corrected chi connectivity index (χ4v) is 6.24. The van der Waals surface area contributed by atoms with E-state index in [2.05, 4.69) is 34.3 Å². The van der Waals surface area contributed by atoms with E-state index in [-0.39, 0.29) is 17.8 Å². The predicted molar refractivity (Wildman–Crippen MR) is 154 cm³/mol. The molecule has 40 heavy (non-hydrogen) atoms. The molecular weight excluding hydrogens is 508 g/mol. The number of urea groups is 1. The summed E-state index contributed by atoms with van der Waals surface area (Å²) in [5, 5.41) is 2.70. The minimum atomic E-state index is -0.944. The Morgan fingerprint density at radius 2 is 1.68 bits per heavy atom. The van der Waals surface area contributed by atoms with Crippen molar-refractivity contribution < 1.29 is 9.59 Å². The zero-order chi connectivity index (χ0) is 28.6. The van der Waals surface area contributed by atoms with Gasteiger partial charge in [-0.3, -0.25) is 14.7 Å². The Morgan fingerprint density at radius 3 is 2.25 bits per heavy atom. The third-order valence-electron chi connectivity index (χ3n) is 8.68. The smallest absolute Gasteiger partial charge is 0.338 e. The standard InChI is InChI=1S/C29H42N8O3/c1-4-23(30)25-21-17-34(18-22(21)25)11-9-19-5-7-20(8-6-19)37-12-10-24(33-28(37)40)32-27(39)36-15-13-35(14-16-36)26(38)29(2,3)31/h5-8,10,12,21-23,25H,4,9,11,13-18,30-31H2,1-3H3,(H,32,33,39,40)/t21-,22+,23-,25?/m1/s1. The number of piperidine rings is 1. The summed E-state index contributed by atoms with van der Waals surface area (Å²) in [6.07, 6.45) is 3.65. The molecule has 2 aliphatic heterocycles. The lowest BCUT2D eigenvalue weighted by molar-refractivity contribution is -0.137. The van der Waals surface area contributed by atoms with Gasteiger partial charge in [-0.1, -0.05) is 19.1 Å². The average molecular weight is 551 g/mol. The molecule has 0 radical (unpaired) electrons. The molecule has 1 unspecified atom stereocenters. The van der Waals surface area contributed by atoms with Crippen LogP contribution in [0.2, 0.25) is 0 Å². The van der Waals surface area contributed by atoms with E-state index in [1.54, 1.807) is 35.9 Å². The van der Waals surface area contributed by atoms with Crippen LogP contribution in [0.5, 0.6) is 0 Å². The highest BCUT2D eigenvalue weighted by molar-refractivity contribution is 5.89. The van der Waals surface area contributed by atoms with Gasteiger partial charge in [0, 0.05) is 58.1 Å². The third kappa shape index (κ3) is 6.06. The monoisotopic (exact) mass is 550 g/mol. The molecule has 3 amide bonds. The number of carbonyl (C=O) groups excluding carboxylic acids is 2. The van der Waals surface area contributed by atoms with Gasteiger partial charge in [0.05, 0.1) is 11.2 Å². The van der Waals surface area contributed by atoms with E-state index >= 15 is 0 Å². The van der Waals surface area contributed by atoms with Gasteiger partial charge in [-0.2, -0.15) is 4.98 Å². The summed E-state index contributed by atoms with van der Waals surface area (Å²) in [7, 11) is 0. The lowest BCUT2D eigenvalue weighted by Crippen LogP contribution is -2.58. The summed E-state index contributed by atoms with van der Waals surface area (Å²) >= 11 is 0. The second kappa shape index (κ2) is 11.3. The predicted octanol–water partition coefficient (Wildman–Crippen LogP) is 1.10. The molecule has 216 valence electrons. The number of nitrogens with one attached hydrogen (secondary N) is 1. The topological polar surface area (TPSA) is 143 Å². The molecular formula is C29H42N8O3.